The number of hydrogen-bond acceptors (Lipinski definition) is 4. The summed E-state index contributed by atoms with van der Waals surface area (Å²) in [4.78, 5) is 4.09. The molecule has 0 saturated carbocycles. The topological polar surface area (TPSA) is 81.4 Å². The number of ether oxygens (including phenoxy) is 1. The molecule has 20 heavy (non-hydrogen) atoms. The number of aromatic nitrogens is 2. The first-order valence-corrected chi connectivity index (χ1v) is 7.25. The van der Waals surface area contributed by atoms with Crippen molar-refractivity contribution in [3.8, 4) is 5.75 Å². The second-order valence-electron chi connectivity index (χ2n) is 4.42. The quantitative estimate of drug-likeness (QED) is 0.732. The Balaban J connectivity index is 2.64. The van der Waals surface area contributed by atoms with E-state index in [-0.39, 0.29) is 0 Å². The Kier molecular flexibility index (Phi) is 2.70. The van der Waals surface area contributed by atoms with Crippen LogP contribution in [0.2, 0.25) is 0 Å². The molecule has 0 bridgehead atoms. The molecule has 1 aromatic carbocycles. The third kappa shape index (κ3) is 1.75. The Morgan fingerprint density at radius 1 is 1.25 bits per heavy atom. The lowest BCUT2D eigenvalue weighted by molar-refractivity contribution is 0.415. The first-order chi connectivity index (χ1) is 9.43. The van der Waals surface area contributed by atoms with Gasteiger partial charge in [0.15, 0.2) is 0 Å². The molecule has 0 aliphatic carbocycles. The second-order valence-corrected chi connectivity index (χ2v) is 5.68. The maximum atomic E-state index is 11.7. The summed E-state index contributed by atoms with van der Waals surface area (Å²) in [6.45, 7) is 1.69. The summed E-state index contributed by atoms with van der Waals surface area (Å²) in [6, 6.07) is 6.80. The normalized spacial score (nSPS) is 12.2. The highest BCUT2D eigenvalue weighted by Crippen LogP contribution is 2.33. The van der Waals surface area contributed by atoms with Crippen LogP contribution in [0.15, 0.2) is 30.5 Å². The zero-order chi connectivity index (χ0) is 14.5. The van der Waals surface area contributed by atoms with Gasteiger partial charge in [0, 0.05) is 23.0 Å². The summed E-state index contributed by atoms with van der Waals surface area (Å²) >= 11 is 0. The summed E-state index contributed by atoms with van der Waals surface area (Å²) in [5.41, 5.74) is 1.26. The molecule has 0 radical (unpaired) electrons. The molecule has 1 N–H and O–H groups in total. The lowest BCUT2D eigenvalue weighted by Crippen LogP contribution is -2.11. The summed E-state index contributed by atoms with van der Waals surface area (Å²) in [5, 5.41) is 1.43. The van der Waals surface area contributed by atoms with Gasteiger partial charge in [-0.2, -0.15) is 8.42 Å². The summed E-state index contributed by atoms with van der Waals surface area (Å²) < 4.78 is 39.0. The van der Waals surface area contributed by atoms with Gasteiger partial charge < -0.3 is 4.74 Å². The van der Waals surface area contributed by atoms with Crippen LogP contribution in [-0.2, 0) is 10.3 Å². The highest BCUT2D eigenvalue weighted by molar-refractivity contribution is 7.84. The Hall–Kier alpha value is -2.12. The molecule has 3 aromatic rings. The van der Waals surface area contributed by atoms with Gasteiger partial charge in [0.05, 0.1) is 23.8 Å². The number of fused-ring (bicyclic) bond motifs is 3. The van der Waals surface area contributed by atoms with Gasteiger partial charge in [-0.1, -0.05) is 0 Å². The van der Waals surface area contributed by atoms with E-state index in [4.69, 9.17) is 4.74 Å². The molecular weight excluding hydrogens is 280 g/mol. The van der Waals surface area contributed by atoms with Gasteiger partial charge in [-0.3, -0.25) is 9.54 Å². The predicted octanol–water partition coefficient (Wildman–Crippen LogP) is 2.16. The maximum Gasteiger partial charge on any atom is 0.364 e. The summed E-state index contributed by atoms with van der Waals surface area (Å²) in [5.74, 6) is 0.510. The van der Waals surface area contributed by atoms with Crippen molar-refractivity contribution in [2.24, 2.45) is 0 Å². The van der Waals surface area contributed by atoms with Crippen LogP contribution in [0.25, 0.3) is 21.8 Å². The molecule has 6 nitrogen and oxygen atoms in total. The fourth-order valence-electron chi connectivity index (χ4n) is 2.43. The standard InChI is InChI=1S/C13H12N2O4S/c1-8-13-11(5-6-14-8)10-4-3-9(19-2)7-12(10)15(13)20(16,17)18/h3-7H,1-2H3,(H,16,17,18). The van der Waals surface area contributed by atoms with Crippen molar-refractivity contribution >= 4 is 32.1 Å². The largest absolute Gasteiger partial charge is 0.497 e. The Bertz CT molecular complexity index is 928. The van der Waals surface area contributed by atoms with E-state index < -0.39 is 10.3 Å². The molecular formula is C13H12N2O4S. The number of methoxy groups -OCH3 is 1. The van der Waals surface area contributed by atoms with Crippen LogP contribution in [-0.4, -0.2) is 29.0 Å². The van der Waals surface area contributed by atoms with Crippen molar-refractivity contribution in [3.05, 3.63) is 36.2 Å². The highest BCUT2D eigenvalue weighted by Gasteiger charge is 2.20. The van der Waals surface area contributed by atoms with Crippen molar-refractivity contribution in [3.63, 3.8) is 0 Å². The summed E-state index contributed by atoms with van der Waals surface area (Å²) in [6.07, 6.45) is 1.61. The maximum absolute atomic E-state index is 11.7. The molecule has 0 atom stereocenters. The smallest absolute Gasteiger partial charge is 0.364 e. The molecule has 2 heterocycles. The summed E-state index contributed by atoms with van der Waals surface area (Å²) in [7, 11) is -2.94. The number of hydrogen-bond donors (Lipinski definition) is 1. The zero-order valence-corrected chi connectivity index (χ0v) is 11.7. The number of pyridine rings is 1. The zero-order valence-electron chi connectivity index (χ0n) is 10.9. The van der Waals surface area contributed by atoms with Crippen molar-refractivity contribution in [2.75, 3.05) is 7.11 Å². The van der Waals surface area contributed by atoms with Crippen molar-refractivity contribution in [1.82, 2.24) is 8.96 Å². The van der Waals surface area contributed by atoms with Gasteiger partial charge >= 0.3 is 10.3 Å². The van der Waals surface area contributed by atoms with E-state index in [9.17, 15) is 13.0 Å². The SMILES string of the molecule is COc1ccc2c3ccnc(C)c3n(S(=O)(=O)O)c2c1. The van der Waals surface area contributed by atoms with Gasteiger partial charge in [-0.15, -0.1) is 0 Å². The third-order valence-electron chi connectivity index (χ3n) is 3.25. The van der Waals surface area contributed by atoms with Crippen LogP contribution in [0.1, 0.15) is 5.69 Å². The van der Waals surface area contributed by atoms with E-state index in [1.54, 1.807) is 37.4 Å². The van der Waals surface area contributed by atoms with Crippen LogP contribution in [0.5, 0.6) is 5.75 Å². The van der Waals surface area contributed by atoms with Gasteiger partial charge in [0.1, 0.15) is 5.75 Å². The monoisotopic (exact) mass is 292 g/mol. The molecule has 3 rings (SSSR count). The van der Waals surface area contributed by atoms with E-state index in [0.717, 1.165) is 3.97 Å². The lowest BCUT2D eigenvalue weighted by Gasteiger charge is -2.05. The third-order valence-corrected chi connectivity index (χ3v) is 4.10. The molecule has 104 valence electrons. The van der Waals surface area contributed by atoms with Gasteiger partial charge in [-0.05, 0) is 25.1 Å². The Morgan fingerprint density at radius 2 is 2.00 bits per heavy atom. The Morgan fingerprint density at radius 3 is 2.65 bits per heavy atom. The van der Waals surface area contributed by atoms with Crippen LogP contribution in [0, 0.1) is 6.92 Å². The molecule has 0 spiro atoms. The molecule has 7 heteroatoms. The van der Waals surface area contributed by atoms with Crippen LogP contribution in [0.4, 0.5) is 0 Å². The molecule has 0 unspecified atom stereocenters. The first-order valence-electron chi connectivity index (χ1n) is 5.85. The number of aryl methyl sites for hydroxylation is 1. The van der Waals surface area contributed by atoms with E-state index in [1.807, 2.05) is 0 Å². The minimum absolute atomic E-state index is 0.359. The van der Waals surface area contributed by atoms with Gasteiger partial charge in [0.2, 0.25) is 0 Å². The van der Waals surface area contributed by atoms with Crippen molar-refractivity contribution in [2.45, 2.75) is 6.92 Å². The molecule has 0 amide bonds. The lowest BCUT2D eigenvalue weighted by atomic mass is 10.1. The average Bonchev–Trinajstić information content (AvgIpc) is 2.73. The fourth-order valence-corrected chi connectivity index (χ4v) is 3.29. The first kappa shape index (κ1) is 12.9. The van der Waals surface area contributed by atoms with Crippen LogP contribution < -0.4 is 4.74 Å². The average molecular weight is 292 g/mol. The van der Waals surface area contributed by atoms with Crippen LogP contribution in [0.3, 0.4) is 0 Å². The van der Waals surface area contributed by atoms with Gasteiger partial charge in [-0.25, -0.2) is 3.97 Å². The van der Waals surface area contributed by atoms with Gasteiger partial charge in [0.25, 0.3) is 0 Å². The van der Waals surface area contributed by atoms with Crippen molar-refractivity contribution < 1.29 is 17.7 Å². The second kappa shape index (κ2) is 4.19. The molecule has 2 aromatic heterocycles. The number of benzene rings is 1. The highest BCUT2D eigenvalue weighted by atomic mass is 32.2. The van der Waals surface area contributed by atoms with E-state index >= 15 is 0 Å². The van der Waals surface area contributed by atoms with E-state index in [2.05, 4.69) is 4.98 Å². The minimum atomic E-state index is -4.44. The van der Waals surface area contributed by atoms with E-state index in [0.29, 0.717) is 33.2 Å². The molecule has 0 aliphatic rings. The molecule has 0 fully saturated rings. The fraction of sp³-hybridized carbons (Fsp3) is 0.154. The number of rotatable bonds is 2. The van der Waals surface area contributed by atoms with Crippen molar-refractivity contribution in [1.29, 1.82) is 0 Å². The minimum Gasteiger partial charge on any atom is -0.497 e. The molecule has 0 aliphatic heterocycles. The van der Waals surface area contributed by atoms with E-state index in [1.165, 1.54) is 7.11 Å². The van der Waals surface area contributed by atoms with Crippen LogP contribution >= 0.6 is 0 Å². The number of nitrogens with zero attached hydrogens (tertiary/aromatic N) is 2. The molecule has 0 saturated heterocycles. The Labute approximate surface area is 115 Å². The predicted molar refractivity (Wildman–Crippen MR) is 75.5 cm³/mol.